The molecule has 0 radical (unpaired) electrons. The zero-order valence-corrected chi connectivity index (χ0v) is 27.2. The topological polar surface area (TPSA) is 86.8 Å². The van der Waals surface area contributed by atoms with Crippen LogP contribution in [0.4, 0.5) is 5.69 Å². The van der Waals surface area contributed by atoms with Crippen molar-refractivity contribution < 1.29 is 18.0 Å². The summed E-state index contributed by atoms with van der Waals surface area (Å²) in [6.07, 6.45) is 0.205. The number of rotatable bonds is 12. The monoisotopic (exact) mass is 671 g/mol. The number of carbonyl (C=O) groups is 2. The van der Waals surface area contributed by atoms with Crippen molar-refractivity contribution in [2.24, 2.45) is 0 Å². The van der Waals surface area contributed by atoms with Crippen molar-refractivity contribution in [3.63, 3.8) is 0 Å². The van der Waals surface area contributed by atoms with E-state index in [1.807, 2.05) is 44.2 Å². The molecule has 4 rings (SSSR count). The SMILES string of the molecule is CC(C)NC(=O)[C@H](Cc1ccccc1)N(Cc1ccc(Cl)cc1)C(=O)CN(c1ccc(Cl)c(Cl)c1)S(=O)(=O)c1ccccc1. The average Bonchev–Trinajstić information content (AvgIpc) is 3.00. The molecular weight excluding hydrogens is 641 g/mol. The molecule has 0 unspecified atom stereocenters. The molecule has 2 amide bonds. The van der Waals surface area contributed by atoms with Gasteiger partial charge in [-0.15, -0.1) is 0 Å². The van der Waals surface area contributed by atoms with Gasteiger partial charge in [-0.05, 0) is 67.4 Å². The van der Waals surface area contributed by atoms with Crippen LogP contribution in [0, 0.1) is 0 Å². The number of nitrogens with one attached hydrogen (secondary N) is 1. The maximum atomic E-state index is 14.4. The van der Waals surface area contributed by atoms with Crippen LogP contribution in [-0.2, 0) is 32.6 Å². The number of amides is 2. The maximum Gasteiger partial charge on any atom is 0.264 e. The van der Waals surface area contributed by atoms with Crippen molar-refractivity contribution in [1.82, 2.24) is 10.2 Å². The molecule has 1 N–H and O–H groups in total. The molecule has 0 aromatic heterocycles. The van der Waals surface area contributed by atoms with Gasteiger partial charge in [0.05, 0.1) is 20.6 Å². The number of benzene rings is 4. The first-order valence-electron chi connectivity index (χ1n) is 13.9. The zero-order chi connectivity index (χ0) is 31.9. The van der Waals surface area contributed by atoms with Gasteiger partial charge in [0.1, 0.15) is 12.6 Å². The Bertz CT molecular complexity index is 1690. The summed E-state index contributed by atoms with van der Waals surface area (Å²) in [6, 6.07) is 27.2. The standard InChI is InChI=1S/C33H32Cl3N3O4S/c1-23(2)37-33(41)31(19-24-9-5-3-6-10-24)38(21-25-13-15-26(34)16-14-25)32(40)22-39(27-17-18-29(35)30(36)20-27)44(42,43)28-11-7-4-8-12-28/h3-18,20,23,31H,19,21-22H2,1-2H3,(H,37,41)/t31-/m0/s1. The molecule has 4 aromatic rings. The highest BCUT2D eigenvalue weighted by Gasteiger charge is 2.35. The lowest BCUT2D eigenvalue weighted by molar-refractivity contribution is -0.140. The van der Waals surface area contributed by atoms with Crippen LogP contribution in [0.1, 0.15) is 25.0 Å². The van der Waals surface area contributed by atoms with E-state index in [1.165, 1.54) is 35.2 Å². The van der Waals surface area contributed by atoms with E-state index >= 15 is 0 Å². The molecular formula is C33H32Cl3N3O4S. The van der Waals surface area contributed by atoms with Gasteiger partial charge in [-0.25, -0.2) is 8.42 Å². The second-order valence-electron chi connectivity index (χ2n) is 10.4. The second kappa shape index (κ2) is 14.9. The summed E-state index contributed by atoms with van der Waals surface area (Å²) in [5.41, 5.74) is 1.70. The molecule has 44 heavy (non-hydrogen) atoms. The van der Waals surface area contributed by atoms with Crippen LogP contribution in [0.5, 0.6) is 0 Å². The number of hydrogen-bond donors (Lipinski definition) is 1. The molecule has 230 valence electrons. The molecule has 0 fully saturated rings. The summed E-state index contributed by atoms with van der Waals surface area (Å²) >= 11 is 18.6. The molecule has 11 heteroatoms. The van der Waals surface area contributed by atoms with E-state index in [1.54, 1.807) is 42.5 Å². The third-order valence-electron chi connectivity index (χ3n) is 6.77. The first kappa shape index (κ1) is 33.3. The van der Waals surface area contributed by atoms with Gasteiger partial charge in [0.2, 0.25) is 11.8 Å². The molecule has 4 aromatic carbocycles. The van der Waals surface area contributed by atoms with Crippen LogP contribution in [-0.4, -0.2) is 43.8 Å². The van der Waals surface area contributed by atoms with E-state index in [-0.39, 0.29) is 45.5 Å². The number of halogens is 3. The first-order chi connectivity index (χ1) is 21.0. The Kier molecular flexibility index (Phi) is 11.3. The third kappa shape index (κ3) is 8.54. The quantitative estimate of drug-likeness (QED) is 0.176. The molecule has 1 atom stereocenters. The molecule has 0 aliphatic rings. The highest BCUT2D eigenvalue weighted by atomic mass is 35.5. The van der Waals surface area contributed by atoms with Crippen LogP contribution in [0.15, 0.2) is 108 Å². The van der Waals surface area contributed by atoms with Crippen molar-refractivity contribution in [2.45, 2.75) is 43.8 Å². The van der Waals surface area contributed by atoms with Crippen LogP contribution >= 0.6 is 34.8 Å². The Morgan fingerprint density at radius 2 is 1.39 bits per heavy atom. The molecule has 0 spiro atoms. The van der Waals surface area contributed by atoms with Crippen molar-refractivity contribution in [3.05, 3.63) is 129 Å². The van der Waals surface area contributed by atoms with Gasteiger partial charge < -0.3 is 10.2 Å². The van der Waals surface area contributed by atoms with Gasteiger partial charge in [0.25, 0.3) is 10.0 Å². The Hall–Kier alpha value is -3.56. The van der Waals surface area contributed by atoms with E-state index in [0.29, 0.717) is 10.6 Å². The minimum atomic E-state index is -4.25. The highest BCUT2D eigenvalue weighted by molar-refractivity contribution is 7.92. The van der Waals surface area contributed by atoms with Crippen molar-refractivity contribution in [2.75, 3.05) is 10.8 Å². The minimum absolute atomic E-state index is 0.0125. The number of nitrogens with zero attached hydrogens (tertiary/aromatic N) is 2. The average molecular weight is 673 g/mol. The Morgan fingerprint density at radius 3 is 1.98 bits per heavy atom. The Labute approximate surface area is 273 Å². The zero-order valence-electron chi connectivity index (χ0n) is 24.2. The first-order valence-corrected chi connectivity index (χ1v) is 16.4. The molecule has 0 bridgehead atoms. The lowest BCUT2D eigenvalue weighted by Gasteiger charge is -2.34. The molecule has 7 nitrogen and oxygen atoms in total. The fourth-order valence-corrected chi connectivity index (χ4v) is 6.46. The van der Waals surface area contributed by atoms with Crippen LogP contribution in [0.25, 0.3) is 0 Å². The largest absolute Gasteiger partial charge is 0.352 e. The summed E-state index contributed by atoms with van der Waals surface area (Å²) in [5.74, 6) is -0.955. The summed E-state index contributed by atoms with van der Waals surface area (Å²) < 4.78 is 29.0. The van der Waals surface area contributed by atoms with E-state index in [2.05, 4.69) is 5.32 Å². The Morgan fingerprint density at radius 1 is 0.773 bits per heavy atom. The highest BCUT2D eigenvalue weighted by Crippen LogP contribution is 2.31. The van der Waals surface area contributed by atoms with E-state index in [9.17, 15) is 18.0 Å². The van der Waals surface area contributed by atoms with Crippen molar-refractivity contribution in [3.8, 4) is 0 Å². The summed E-state index contributed by atoms with van der Waals surface area (Å²) in [5, 5.41) is 3.81. The maximum absolute atomic E-state index is 14.4. The van der Waals surface area contributed by atoms with Gasteiger partial charge in [-0.2, -0.15) is 0 Å². The van der Waals surface area contributed by atoms with Crippen LogP contribution in [0.3, 0.4) is 0 Å². The smallest absolute Gasteiger partial charge is 0.264 e. The number of carbonyl (C=O) groups excluding carboxylic acids is 2. The van der Waals surface area contributed by atoms with E-state index in [0.717, 1.165) is 9.87 Å². The number of anilines is 1. The van der Waals surface area contributed by atoms with Crippen LogP contribution < -0.4 is 9.62 Å². The third-order valence-corrected chi connectivity index (χ3v) is 9.55. The minimum Gasteiger partial charge on any atom is -0.352 e. The predicted octanol–water partition coefficient (Wildman–Crippen LogP) is 7.01. The molecule has 0 aliphatic heterocycles. The second-order valence-corrected chi connectivity index (χ2v) is 13.6. The molecule has 0 saturated heterocycles. The summed E-state index contributed by atoms with van der Waals surface area (Å²) in [7, 11) is -4.25. The van der Waals surface area contributed by atoms with E-state index in [4.69, 9.17) is 34.8 Å². The molecule has 0 aliphatic carbocycles. The predicted molar refractivity (Wildman–Crippen MR) is 177 cm³/mol. The number of sulfonamides is 1. The van der Waals surface area contributed by atoms with Gasteiger partial charge in [0, 0.05) is 24.0 Å². The lowest BCUT2D eigenvalue weighted by Crippen LogP contribution is -2.54. The van der Waals surface area contributed by atoms with Gasteiger partial charge in [0.15, 0.2) is 0 Å². The fourth-order valence-electron chi connectivity index (χ4n) is 4.61. The summed E-state index contributed by atoms with van der Waals surface area (Å²) in [6.45, 7) is 3.09. The fraction of sp³-hybridized carbons (Fsp3) is 0.212. The Balaban J connectivity index is 1.81. The molecule has 0 saturated carbocycles. The lowest BCUT2D eigenvalue weighted by atomic mass is 10.0. The van der Waals surface area contributed by atoms with E-state index < -0.39 is 28.5 Å². The van der Waals surface area contributed by atoms with Gasteiger partial charge in [-0.3, -0.25) is 13.9 Å². The molecule has 0 heterocycles. The van der Waals surface area contributed by atoms with Gasteiger partial charge >= 0.3 is 0 Å². The summed E-state index contributed by atoms with van der Waals surface area (Å²) in [4.78, 5) is 29.5. The van der Waals surface area contributed by atoms with Crippen LogP contribution in [0.2, 0.25) is 15.1 Å². The van der Waals surface area contributed by atoms with Gasteiger partial charge in [-0.1, -0.05) is 95.5 Å². The normalized spacial score (nSPS) is 12.0. The number of hydrogen-bond acceptors (Lipinski definition) is 4. The van der Waals surface area contributed by atoms with Crippen molar-refractivity contribution in [1.29, 1.82) is 0 Å². The van der Waals surface area contributed by atoms with Crippen molar-refractivity contribution >= 4 is 62.3 Å².